The molecule has 2 aromatic carbocycles. The van der Waals surface area contributed by atoms with Crippen molar-refractivity contribution < 1.29 is 5.11 Å². The summed E-state index contributed by atoms with van der Waals surface area (Å²) in [5.74, 6) is 0.737. The van der Waals surface area contributed by atoms with Gasteiger partial charge in [-0.15, -0.1) is 0 Å². The van der Waals surface area contributed by atoms with Gasteiger partial charge >= 0.3 is 0 Å². The van der Waals surface area contributed by atoms with Crippen LogP contribution in [0.3, 0.4) is 0 Å². The largest absolute Gasteiger partial charge is 0.391 e. The summed E-state index contributed by atoms with van der Waals surface area (Å²) in [6.45, 7) is 4.10. The molecule has 0 aliphatic carbocycles. The summed E-state index contributed by atoms with van der Waals surface area (Å²) in [7, 11) is 0. The highest BCUT2D eigenvalue weighted by Gasteiger charge is 2.29. The summed E-state index contributed by atoms with van der Waals surface area (Å²) in [5.41, 5.74) is 5.60. The normalized spacial score (nSPS) is 18.7. The fraction of sp³-hybridized carbons (Fsp3) is 0.429. The van der Waals surface area contributed by atoms with E-state index in [2.05, 4.69) is 40.5 Å². The van der Waals surface area contributed by atoms with Crippen molar-refractivity contribution in [3.8, 4) is 0 Å². The van der Waals surface area contributed by atoms with E-state index in [9.17, 15) is 5.11 Å². The van der Waals surface area contributed by atoms with Gasteiger partial charge in [0.25, 0.3) is 0 Å². The Hall–Kier alpha value is -1.84. The summed E-state index contributed by atoms with van der Waals surface area (Å²) in [6.07, 6.45) is 2.83. The highest BCUT2D eigenvalue weighted by atomic mass is 16.3. The Morgan fingerprint density at radius 2 is 1.92 bits per heavy atom. The predicted octanol–water partition coefficient (Wildman–Crippen LogP) is 2.73. The zero-order chi connectivity index (χ0) is 16.4. The number of β-amino-alcohol motifs (C(OH)–C–C–N with tert-alkyl or cyclic N) is 1. The first-order valence-corrected chi connectivity index (χ1v) is 9.07. The first kappa shape index (κ1) is 15.7. The quantitative estimate of drug-likeness (QED) is 0.858. The first-order valence-electron chi connectivity index (χ1n) is 9.07. The van der Waals surface area contributed by atoms with Gasteiger partial charge in [-0.25, -0.2) is 0 Å². The number of hydrogen-bond donors (Lipinski definition) is 2. The molecule has 126 valence electrons. The first-order chi connectivity index (χ1) is 11.8. The van der Waals surface area contributed by atoms with Crippen molar-refractivity contribution in [2.45, 2.75) is 25.4 Å². The number of nitrogens with one attached hydrogen (secondary N) is 1. The van der Waals surface area contributed by atoms with Crippen LogP contribution in [0.15, 0.2) is 48.5 Å². The number of likely N-dealkylation sites (tertiary alicyclic amines) is 1. The van der Waals surface area contributed by atoms with Crippen LogP contribution < -0.4 is 5.32 Å². The molecule has 24 heavy (non-hydrogen) atoms. The van der Waals surface area contributed by atoms with E-state index in [-0.39, 0.29) is 6.10 Å². The second kappa shape index (κ2) is 6.96. The van der Waals surface area contributed by atoms with Crippen LogP contribution >= 0.6 is 0 Å². The molecule has 3 heteroatoms. The minimum atomic E-state index is -0.265. The number of benzene rings is 2. The molecular weight excluding hydrogens is 296 g/mol. The third-order valence-electron chi connectivity index (χ3n) is 5.29. The van der Waals surface area contributed by atoms with Crippen LogP contribution in [0.5, 0.6) is 0 Å². The average Bonchev–Trinajstić information content (AvgIpc) is 3.03. The summed E-state index contributed by atoms with van der Waals surface area (Å²) >= 11 is 0. The molecule has 0 saturated carbocycles. The molecule has 1 unspecified atom stereocenters. The van der Waals surface area contributed by atoms with Gasteiger partial charge in [-0.3, -0.25) is 0 Å². The summed E-state index contributed by atoms with van der Waals surface area (Å²) in [4.78, 5) is 2.39. The summed E-state index contributed by atoms with van der Waals surface area (Å²) < 4.78 is 0. The number of rotatable bonds is 6. The maximum Gasteiger partial charge on any atom is 0.0707 e. The molecule has 1 atom stereocenters. The monoisotopic (exact) mass is 322 g/mol. The van der Waals surface area contributed by atoms with E-state index in [0.29, 0.717) is 0 Å². The Morgan fingerprint density at radius 1 is 1.08 bits per heavy atom. The number of nitrogens with zero attached hydrogens (tertiary/aromatic N) is 1. The van der Waals surface area contributed by atoms with E-state index in [1.54, 1.807) is 0 Å². The minimum Gasteiger partial charge on any atom is -0.391 e. The van der Waals surface area contributed by atoms with Crippen molar-refractivity contribution in [2.24, 2.45) is 5.92 Å². The van der Waals surface area contributed by atoms with Crippen LogP contribution in [0.1, 0.15) is 16.7 Å². The van der Waals surface area contributed by atoms with Crippen LogP contribution in [0, 0.1) is 5.92 Å². The van der Waals surface area contributed by atoms with Gasteiger partial charge in [-0.2, -0.15) is 0 Å². The Bertz CT molecular complexity index is 679. The Balaban J connectivity index is 1.25. The van der Waals surface area contributed by atoms with Gasteiger partial charge in [0.15, 0.2) is 0 Å². The van der Waals surface area contributed by atoms with Crippen LogP contribution in [0.4, 0.5) is 5.69 Å². The lowest BCUT2D eigenvalue weighted by Crippen LogP contribution is -2.50. The minimum absolute atomic E-state index is 0.265. The average molecular weight is 322 g/mol. The summed E-state index contributed by atoms with van der Waals surface area (Å²) in [6, 6.07) is 16.9. The molecule has 2 aliphatic heterocycles. The Morgan fingerprint density at radius 3 is 2.75 bits per heavy atom. The third kappa shape index (κ3) is 3.47. The summed E-state index contributed by atoms with van der Waals surface area (Å²) in [5, 5.41) is 13.8. The number of aliphatic hydroxyl groups excluding tert-OH is 1. The predicted molar refractivity (Wildman–Crippen MR) is 98.4 cm³/mol. The maximum atomic E-state index is 10.3. The van der Waals surface area contributed by atoms with Crippen molar-refractivity contribution in [3.05, 3.63) is 65.2 Å². The molecular formula is C21H26N2O. The lowest BCUT2D eigenvalue weighted by molar-refractivity contribution is 0.0406. The number of fused-ring (bicyclic) bond motifs is 1. The standard InChI is InChI=1S/C21H26N2O/c24-19(12-16-5-2-1-3-6-16)15-23-13-17(14-23)11-18-7-4-8-21-20(18)9-10-22-21/h1-8,17,19,22,24H,9-15H2. The van der Waals surface area contributed by atoms with Crippen LogP contribution in [0.2, 0.25) is 0 Å². The van der Waals surface area contributed by atoms with Crippen molar-refractivity contribution in [1.82, 2.24) is 4.90 Å². The molecule has 2 aromatic rings. The number of hydrogen-bond acceptors (Lipinski definition) is 3. The SMILES string of the molecule is OC(Cc1ccccc1)CN1CC(Cc2cccc3c2CCN3)C1. The number of aliphatic hydroxyl groups is 1. The smallest absolute Gasteiger partial charge is 0.0707 e. The molecule has 2 N–H and O–H groups in total. The van der Waals surface area contributed by atoms with Crippen LogP contribution in [-0.4, -0.2) is 42.3 Å². The topological polar surface area (TPSA) is 35.5 Å². The van der Waals surface area contributed by atoms with E-state index in [0.717, 1.165) is 44.9 Å². The van der Waals surface area contributed by atoms with Gasteiger partial charge in [0.1, 0.15) is 0 Å². The van der Waals surface area contributed by atoms with E-state index >= 15 is 0 Å². The van der Waals surface area contributed by atoms with E-state index in [1.165, 1.54) is 28.8 Å². The van der Waals surface area contributed by atoms with E-state index in [1.807, 2.05) is 18.2 Å². The zero-order valence-corrected chi connectivity index (χ0v) is 14.1. The van der Waals surface area contributed by atoms with Crippen LogP contribution in [-0.2, 0) is 19.3 Å². The van der Waals surface area contributed by atoms with Crippen molar-refractivity contribution in [3.63, 3.8) is 0 Å². The lowest BCUT2D eigenvalue weighted by atomic mass is 9.89. The fourth-order valence-corrected chi connectivity index (χ4v) is 4.12. The zero-order valence-electron chi connectivity index (χ0n) is 14.1. The van der Waals surface area contributed by atoms with E-state index < -0.39 is 0 Å². The molecule has 3 nitrogen and oxygen atoms in total. The Labute approximate surface area is 144 Å². The van der Waals surface area contributed by atoms with Gasteiger partial charge in [0.05, 0.1) is 6.10 Å². The molecule has 0 spiro atoms. The van der Waals surface area contributed by atoms with Gasteiger partial charge < -0.3 is 15.3 Å². The van der Waals surface area contributed by atoms with Gasteiger partial charge in [-0.05, 0) is 47.9 Å². The van der Waals surface area contributed by atoms with Crippen LogP contribution in [0.25, 0.3) is 0 Å². The van der Waals surface area contributed by atoms with Crippen molar-refractivity contribution in [1.29, 1.82) is 0 Å². The maximum absolute atomic E-state index is 10.3. The highest BCUT2D eigenvalue weighted by molar-refractivity contribution is 5.58. The van der Waals surface area contributed by atoms with Gasteiger partial charge in [-0.1, -0.05) is 42.5 Å². The second-order valence-electron chi connectivity index (χ2n) is 7.25. The van der Waals surface area contributed by atoms with Crippen molar-refractivity contribution >= 4 is 5.69 Å². The van der Waals surface area contributed by atoms with Crippen molar-refractivity contribution in [2.75, 3.05) is 31.5 Å². The van der Waals surface area contributed by atoms with E-state index in [4.69, 9.17) is 0 Å². The Kier molecular flexibility index (Phi) is 4.54. The second-order valence-corrected chi connectivity index (χ2v) is 7.25. The molecule has 1 saturated heterocycles. The van der Waals surface area contributed by atoms with Gasteiger partial charge in [0, 0.05) is 31.9 Å². The lowest BCUT2D eigenvalue weighted by Gasteiger charge is -2.40. The molecule has 2 aliphatic rings. The molecule has 0 radical (unpaired) electrons. The molecule has 0 aromatic heterocycles. The van der Waals surface area contributed by atoms with Gasteiger partial charge in [0.2, 0.25) is 0 Å². The highest BCUT2D eigenvalue weighted by Crippen LogP contribution is 2.29. The fourth-order valence-electron chi connectivity index (χ4n) is 4.12. The molecule has 2 heterocycles. The number of anilines is 1. The molecule has 0 bridgehead atoms. The molecule has 4 rings (SSSR count). The molecule has 1 fully saturated rings. The third-order valence-corrected chi connectivity index (χ3v) is 5.29. The molecule has 0 amide bonds.